The van der Waals surface area contributed by atoms with E-state index < -0.39 is 0 Å². The molecule has 1 saturated carbocycles. The van der Waals surface area contributed by atoms with Crippen LogP contribution in [0, 0.1) is 49.4 Å². The molecule has 0 amide bonds. The van der Waals surface area contributed by atoms with Crippen LogP contribution in [0.2, 0.25) is 0 Å². The molecule has 1 unspecified atom stereocenters. The fourth-order valence-electron chi connectivity index (χ4n) is 1.41. The first-order valence-corrected chi connectivity index (χ1v) is 4.00. The van der Waals surface area contributed by atoms with Crippen LogP contribution >= 0.6 is 0 Å². The van der Waals surface area contributed by atoms with Crippen molar-refractivity contribution in [3.8, 4) is 0 Å². The Hall–Kier alpha value is 0.792. The second kappa shape index (κ2) is 5.44. The van der Waals surface area contributed by atoms with Gasteiger partial charge < -0.3 is 18.8 Å². The molecular formula is C10H16U. The Morgan fingerprint density at radius 3 is 2.64 bits per heavy atom. The Bertz CT molecular complexity index is 121. The maximum Gasteiger partial charge on any atom is 2.00 e. The number of hydrogen-bond donors (Lipinski definition) is 0. The first kappa shape index (κ1) is 11.8. The Balaban J connectivity index is 0.000001000. The Morgan fingerprint density at radius 2 is 2.27 bits per heavy atom. The van der Waals surface area contributed by atoms with E-state index in [4.69, 9.17) is 0 Å². The number of hydrogen-bond acceptors (Lipinski definition) is 0. The monoisotopic (exact) mass is 374 g/mol. The summed E-state index contributed by atoms with van der Waals surface area (Å²) in [6, 6.07) is 0. The van der Waals surface area contributed by atoms with Gasteiger partial charge in [-0.3, -0.25) is 0 Å². The van der Waals surface area contributed by atoms with E-state index in [1.54, 1.807) is 5.92 Å². The molecule has 1 atom stereocenters. The van der Waals surface area contributed by atoms with Crippen LogP contribution in [0.5, 0.6) is 0 Å². The second-order valence-corrected chi connectivity index (χ2v) is 3.39. The summed E-state index contributed by atoms with van der Waals surface area (Å²) >= 11 is 0. The van der Waals surface area contributed by atoms with Crippen molar-refractivity contribution in [1.82, 2.24) is 0 Å². The van der Waals surface area contributed by atoms with E-state index >= 15 is 0 Å². The maximum absolute atomic E-state index is 3.96. The minimum Gasteiger partial charge on any atom is -0.350 e. The molecule has 0 radical (unpaired) electrons. The van der Waals surface area contributed by atoms with E-state index in [1.807, 2.05) is 0 Å². The van der Waals surface area contributed by atoms with Gasteiger partial charge in [-0.2, -0.15) is 19.3 Å². The molecule has 1 fully saturated rings. The standard InChI is InChI=1S/C10H16.U/c1-8(2)10-6-4-9(3)5-7-10;/h6,10H,1,4-5,7H2,2-3H3;/q-2;+2. The molecule has 0 N–H and O–H groups in total. The zero-order valence-corrected chi connectivity index (χ0v) is 11.6. The molecule has 0 aromatic rings. The molecule has 0 bridgehead atoms. The van der Waals surface area contributed by atoms with Gasteiger partial charge in [0.05, 0.1) is 0 Å². The molecule has 0 aromatic heterocycles. The zero-order chi connectivity index (χ0) is 7.56. The van der Waals surface area contributed by atoms with Gasteiger partial charge in [0.1, 0.15) is 0 Å². The summed E-state index contributed by atoms with van der Waals surface area (Å²) in [6.07, 6.45) is 6.19. The van der Waals surface area contributed by atoms with Gasteiger partial charge in [-0.15, -0.1) is 18.6 Å². The minimum absolute atomic E-state index is 0. The van der Waals surface area contributed by atoms with Crippen LogP contribution in [0.3, 0.4) is 0 Å². The molecule has 0 aliphatic heterocycles. The van der Waals surface area contributed by atoms with Crippen molar-refractivity contribution in [2.45, 2.75) is 33.1 Å². The molecule has 0 nitrogen and oxygen atoms in total. The molecule has 1 aliphatic carbocycles. The molecule has 1 aliphatic rings. The first-order chi connectivity index (χ1) is 4.70. The van der Waals surface area contributed by atoms with Crippen molar-refractivity contribution in [1.29, 1.82) is 0 Å². The zero-order valence-electron chi connectivity index (χ0n) is 7.48. The summed E-state index contributed by atoms with van der Waals surface area (Å²) in [7, 11) is 0. The molecule has 60 valence electrons. The van der Waals surface area contributed by atoms with Crippen LogP contribution < -0.4 is 0 Å². The van der Waals surface area contributed by atoms with Gasteiger partial charge in [0.25, 0.3) is 0 Å². The number of allylic oxidation sites excluding steroid dienone is 1. The average Bonchev–Trinajstić information content (AvgIpc) is 1.88. The fraction of sp³-hybridized carbons (Fsp3) is 0.600. The normalized spacial score (nSPS) is 25.8. The minimum atomic E-state index is 0. The fourth-order valence-corrected chi connectivity index (χ4v) is 1.41. The summed E-state index contributed by atoms with van der Waals surface area (Å²) < 4.78 is 0. The summed E-state index contributed by atoms with van der Waals surface area (Å²) in [5.41, 5.74) is 1.33. The number of rotatable bonds is 1. The topological polar surface area (TPSA) is 0 Å². The third-order valence-corrected chi connectivity index (χ3v) is 2.27. The van der Waals surface area contributed by atoms with Crippen LogP contribution in [-0.2, 0) is 0 Å². The molecule has 0 heterocycles. The predicted molar refractivity (Wildman–Crippen MR) is 45.4 cm³/mol. The van der Waals surface area contributed by atoms with Gasteiger partial charge in [-0.1, -0.05) is 0 Å². The van der Waals surface area contributed by atoms with Crippen LogP contribution in [0.4, 0.5) is 0 Å². The molecule has 11 heavy (non-hydrogen) atoms. The third-order valence-electron chi connectivity index (χ3n) is 2.27. The molecule has 0 aromatic carbocycles. The van der Waals surface area contributed by atoms with Gasteiger partial charge in [0.2, 0.25) is 0 Å². The Labute approximate surface area is 94.2 Å². The molecule has 0 saturated heterocycles. The van der Waals surface area contributed by atoms with E-state index in [-0.39, 0.29) is 31.1 Å². The van der Waals surface area contributed by atoms with Crippen molar-refractivity contribution in [2.75, 3.05) is 0 Å². The van der Waals surface area contributed by atoms with Gasteiger partial charge in [-0.05, 0) is 6.92 Å². The largest absolute Gasteiger partial charge is 2.00 e. The van der Waals surface area contributed by atoms with Crippen molar-refractivity contribution < 1.29 is 31.1 Å². The van der Waals surface area contributed by atoms with Crippen molar-refractivity contribution in [3.63, 3.8) is 0 Å². The van der Waals surface area contributed by atoms with Gasteiger partial charge in [-0.25, -0.2) is 0 Å². The molecule has 1 heteroatoms. The summed E-state index contributed by atoms with van der Waals surface area (Å²) in [4.78, 5) is 0. The van der Waals surface area contributed by atoms with Crippen molar-refractivity contribution in [2.24, 2.45) is 5.92 Å². The van der Waals surface area contributed by atoms with E-state index in [9.17, 15) is 0 Å². The van der Waals surface area contributed by atoms with Crippen molar-refractivity contribution in [3.05, 3.63) is 24.5 Å². The van der Waals surface area contributed by atoms with Crippen LogP contribution in [0.25, 0.3) is 0 Å². The maximum atomic E-state index is 3.96. The van der Waals surface area contributed by atoms with Crippen LogP contribution in [0.1, 0.15) is 33.1 Å². The van der Waals surface area contributed by atoms with Gasteiger partial charge >= 0.3 is 31.1 Å². The van der Waals surface area contributed by atoms with E-state index in [0.29, 0.717) is 5.92 Å². The SMILES string of the molecule is C=C(C)C1[CH-]C[C-](C)CC1.[U+2]. The van der Waals surface area contributed by atoms with Gasteiger partial charge in [0.15, 0.2) is 0 Å². The van der Waals surface area contributed by atoms with E-state index in [1.165, 1.54) is 24.8 Å². The average molecular weight is 374 g/mol. The summed E-state index contributed by atoms with van der Waals surface area (Å²) in [5, 5.41) is 0. The Morgan fingerprint density at radius 1 is 1.64 bits per heavy atom. The Kier molecular flexibility index (Phi) is 5.83. The smallest absolute Gasteiger partial charge is 0.350 e. The van der Waals surface area contributed by atoms with Crippen LogP contribution in [0.15, 0.2) is 12.2 Å². The van der Waals surface area contributed by atoms with Crippen molar-refractivity contribution >= 4 is 0 Å². The first-order valence-electron chi connectivity index (χ1n) is 4.00. The van der Waals surface area contributed by atoms with E-state index in [0.717, 1.165) is 0 Å². The molecule has 1 rings (SSSR count). The summed E-state index contributed by atoms with van der Waals surface area (Å²) in [5.74, 6) is 2.32. The quantitative estimate of drug-likeness (QED) is 0.489. The predicted octanol–water partition coefficient (Wildman–Crippen LogP) is 3.16. The van der Waals surface area contributed by atoms with E-state index in [2.05, 4.69) is 26.8 Å². The molecular weight excluding hydrogens is 358 g/mol. The summed E-state index contributed by atoms with van der Waals surface area (Å²) in [6.45, 7) is 8.33. The van der Waals surface area contributed by atoms with Crippen LogP contribution in [-0.4, -0.2) is 0 Å². The third kappa shape index (κ3) is 3.81. The van der Waals surface area contributed by atoms with Gasteiger partial charge in [0, 0.05) is 0 Å². The molecule has 0 spiro atoms. The second-order valence-electron chi connectivity index (χ2n) is 3.39.